The van der Waals surface area contributed by atoms with E-state index in [1.54, 1.807) is 13.4 Å². The van der Waals surface area contributed by atoms with Crippen molar-refractivity contribution in [2.24, 2.45) is 0 Å². The molecule has 1 atom stereocenters. The lowest BCUT2D eigenvalue weighted by Crippen LogP contribution is -2.07. The second-order valence-electron chi connectivity index (χ2n) is 4.99. The van der Waals surface area contributed by atoms with Crippen molar-refractivity contribution in [3.8, 4) is 5.88 Å². The van der Waals surface area contributed by atoms with Crippen molar-refractivity contribution in [2.45, 2.75) is 12.3 Å². The third kappa shape index (κ3) is 3.28. The Morgan fingerprint density at radius 2 is 2.09 bits per heavy atom. The summed E-state index contributed by atoms with van der Waals surface area (Å²) >= 11 is 6.14. The number of H-pyrrole nitrogens is 1. The Labute approximate surface area is 134 Å². The molecule has 0 saturated heterocycles. The highest BCUT2D eigenvalue weighted by atomic mass is 35.5. The average Bonchev–Trinajstić information content (AvgIpc) is 3.07. The number of halogens is 1. The molecule has 1 N–H and O–H groups in total. The van der Waals surface area contributed by atoms with Gasteiger partial charge in [-0.15, -0.1) is 0 Å². The molecule has 2 aromatic heterocycles. The van der Waals surface area contributed by atoms with Gasteiger partial charge < -0.3 is 9.72 Å². The van der Waals surface area contributed by atoms with Gasteiger partial charge in [0.15, 0.2) is 0 Å². The van der Waals surface area contributed by atoms with Gasteiger partial charge in [0, 0.05) is 41.0 Å². The molecule has 0 aliphatic heterocycles. The van der Waals surface area contributed by atoms with Gasteiger partial charge in [0.05, 0.1) is 13.4 Å². The van der Waals surface area contributed by atoms with Crippen molar-refractivity contribution in [1.29, 1.82) is 0 Å². The third-order valence-electron chi connectivity index (χ3n) is 3.55. The summed E-state index contributed by atoms with van der Waals surface area (Å²) < 4.78 is 5.20. The number of hydrogen-bond donors (Lipinski definition) is 1. The number of nitrogens with one attached hydrogen (secondary N) is 1. The fourth-order valence-electron chi connectivity index (χ4n) is 2.48. The van der Waals surface area contributed by atoms with Crippen molar-refractivity contribution in [3.05, 3.63) is 77.0 Å². The number of nitrogens with zero attached hydrogens (tertiary/aromatic N) is 2. The smallest absolute Gasteiger partial charge is 0.213 e. The van der Waals surface area contributed by atoms with Crippen LogP contribution in [-0.4, -0.2) is 22.1 Å². The zero-order valence-electron chi connectivity index (χ0n) is 12.2. The molecule has 22 heavy (non-hydrogen) atoms. The number of rotatable bonds is 5. The molecule has 2 heterocycles. The van der Waals surface area contributed by atoms with Crippen molar-refractivity contribution < 1.29 is 4.74 Å². The van der Waals surface area contributed by atoms with Crippen molar-refractivity contribution in [1.82, 2.24) is 15.0 Å². The maximum atomic E-state index is 6.14. The topological polar surface area (TPSA) is 50.8 Å². The van der Waals surface area contributed by atoms with Crippen LogP contribution in [0.15, 0.2) is 55.0 Å². The second kappa shape index (κ2) is 6.62. The molecule has 0 aliphatic carbocycles. The molecule has 0 fully saturated rings. The number of aromatic nitrogens is 3. The Hall–Kier alpha value is -2.33. The van der Waals surface area contributed by atoms with Crippen LogP contribution in [0, 0.1) is 0 Å². The van der Waals surface area contributed by atoms with Crippen LogP contribution < -0.4 is 4.74 Å². The van der Waals surface area contributed by atoms with E-state index in [-0.39, 0.29) is 5.92 Å². The van der Waals surface area contributed by atoms with E-state index in [0.717, 1.165) is 28.4 Å². The summed E-state index contributed by atoms with van der Waals surface area (Å²) in [6.07, 6.45) is 4.26. The van der Waals surface area contributed by atoms with E-state index in [0.29, 0.717) is 5.88 Å². The van der Waals surface area contributed by atoms with E-state index >= 15 is 0 Å². The highest BCUT2D eigenvalue weighted by molar-refractivity contribution is 6.30. The monoisotopic (exact) mass is 313 g/mol. The molecular formula is C17H16ClN3O. The van der Waals surface area contributed by atoms with E-state index in [9.17, 15) is 0 Å². The van der Waals surface area contributed by atoms with E-state index in [1.807, 2.05) is 42.6 Å². The first-order chi connectivity index (χ1) is 10.8. The lowest BCUT2D eigenvalue weighted by molar-refractivity contribution is 0.396. The molecule has 0 saturated carbocycles. The first-order valence-electron chi connectivity index (χ1n) is 7.00. The van der Waals surface area contributed by atoms with Crippen LogP contribution in [0.2, 0.25) is 5.02 Å². The summed E-state index contributed by atoms with van der Waals surface area (Å²) in [5.41, 5.74) is 3.12. The van der Waals surface area contributed by atoms with Crippen molar-refractivity contribution >= 4 is 11.6 Å². The Balaban J connectivity index is 1.95. The summed E-state index contributed by atoms with van der Waals surface area (Å²) in [6.45, 7) is 0. The first kappa shape index (κ1) is 14.6. The molecule has 3 rings (SSSR count). The number of aromatic amines is 1. The largest absolute Gasteiger partial charge is 0.481 e. The predicted molar refractivity (Wildman–Crippen MR) is 86.4 cm³/mol. The summed E-state index contributed by atoms with van der Waals surface area (Å²) in [4.78, 5) is 11.8. The molecule has 0 bridgehead atoms. The first-order valence-corrected chi connectivity index (χ1v) is 7.37. The number of ether oxygens (including phenoxy) is 1. The summed E-state index contributed by atoms with van der Waals surface area (Å²) in [5, 5.41) is 0.723. The van der Waals surface area contributed by atoms with Crippen LogP contribution >= 0.6 is 11.6 Å². The molecule has 0 spiro atoms. The molecule has 1 aromatic carbocycles. The summed E-state index contributed by atoms with van der Waals surface area (Å²) in [5.74, 6) is 0.729. The fourth-order valence-corrected chi connectivity index (χ4v) is 2.68. The predicted octanol–water partition coefficient (Wildman–Crippen LogP) is 3.84. The molecular weight excluding hydrogens is 298 g/mol. The van der Waals surface area contributed by atoms with Gasteiger partial charge in [0.25, 0.3) is 0 Å². The van der Waals surface area contributed by atoms with Gasteiger partial charge in [0.1, 0.15) is 0 Å². The molecule has 3 aromatic rings. The number of pyridine rings is 1. The van der Waals surface area contributed by atoms with Gasteiger partial charge in [-0.1, -0.05) is 29.8 Å². The van der Waals surface area contributed by atoms with Gasteiger partial charge in [-0.05, 0) is 23.8 Å². The summed E-state index contributed by atoms with van der Waals surface area (Å²) in [7, 11) is 1.62. The molecule has 4 nitrogen and oxygen atoms in total. The Bertz CT molecular complexity index is 743. The Morgan fingerprint density at radius 3 is 2.82 bits per heavy atom. The van der Waals surface area contributed by atoms with Gasteiger partial charge in [-0.2, -0.15) is 0 Å². The van der Waals surface area contributed by atoms with Crippen molar-refractivity contribution in [2.75, 3.05) is 7.11 Å². The van der Waals surface area contributed by atoms with Crippen LogP contribution in [0.3, 0.4) is 0 Å². The third-order valence-corrected chi connectivity index (χ3v) is 3.78. The zero-order chi connectivity index (χ0) is 15.4. The van der Waals surface area contributed by atoms with Crippen LogP contribution in [-0.2, 0) is 6.42 Å². The summed E-state index contributed by atoms with van der Waals surface area (Å²) in [6, 6.07) is 13.7. The van der Waals surface area contributed by atoms with Gasteiger partial charge in [-0.25, -0.2) is 9.97 Å². The molecule has 0 unspecified atom stereocenters. The van der Waals surface area contributed by atoms with Crippen LogP contribution in [0.4, 0.5) is 0 Å². The maximum Gasteiger partial charge on any atom is 0.213 e. The highest BCUT2D eigenvalue weighted by Crippen LogP contribution is 2.28. The van der Waals surface area contributed by atoms with E-state index < -0.39 is 0 Å². The van der Waals surface area contributed by atoms with Crippen LogP contribution in [0.25, 0.3) is 0 Å². The zero-order valence-corrected chi connectivity index (χ0v) is 12.9. The lowest BCUT2D eigenvalue weighted by atomic mass is 9.91. The van der Waals surface area contributed by atoms with E-state index in [4.69, 9.17) is 16.3 Å². The lowest BCUT2D eigenvalue weighted by Gasteiger charge is -2.16. The van der Waals surface area contributed by atoms with Crippen molar-refractivity contribution in [3.63, 3.8) is 0 Å². The standard InChI is InChI=1S/C17H16ClN3O/c1-22-17-7-3-6-14(21-17)9-15(16-10-19-11-20-16)12-4-2-5-13(18)8-12/h2-8,10-11,15H,9H2,1H3,(H,19,20)/t15-/m1/s1. The van der Waals surface area contributed by atoms with Crippen LogP contribution in [0.1, 0.15) is 22.9 Å². The normalized spacial score (nSPS) is 12.1. The van der Waals surface area contributed by atoms with Crippen LogP contribution in [0.5, 0.6) is 5.88 Å². The number of imidazole rings is 1. The van der Waals surface area contributed by atoms with E-state index in [2.05, 4.69) is 21.0 Å². The molecule has 0 radical (unpaired) electrons. The SMILES string of the molecule is COc1cccc(C[C@H](c2cccc(Cl)c2)c2cnc[nH]2)n1. The maximum absolute atomic E-state index is 6.14. The van der Waals surface area contributed by atoms with Gasteiger partial charge in [-0.3, -0.25) is 0 Å². The van der Waals surface area contributed by atoms with Gasteiger partial charge in [0.2, 0.25) is 5.88 Å². The Morgan fingerprint density at radius 1 is 1.23 bits per heavy atom. The molecule has 5 heteroatoms. The Kier molecular flexibility index (Phi) is 4.39. The van der Waals surface area contributed by atoms with E-state index in [1.165, 1.54) is 0 Å². The average molecular weight is 314 g/mol. The molecule has 112 valence electrons. The minimum Gasteiger partial charge on any atom is -0.481 e. The number of hydrogen-bond acceptors (Lipinski definition) is 3. The fraction of sp³-hybridized carbons (Fsp3) is 0.176. The minimum atomic E-state index is 0.112. The highest BCUT2D eigenvalue weighted by Gasteiger charge is 2.17. The number of methoxy groups -OCH3 is 1. The quantitative estimate of drug-likeness (QED) is 0.778. The minimum absolute atomic E-state index is 0.112. The number of benzene rings is 1. The molecule has 0 amide bonds. The second-order valence-corrected chi connectivity index (χ2v) is 5.43. The molecule has 0 aliphatic rings. The van der Waals surface area contributed by atoms with Gasteiger partial charge >= 0.3 is 0 Å².